The highest BCUT2D eigenvalue weighted by atomic mass is 16.5. The van der Waals surface area contributed by atoms with Crippen molar-refractivity contribution in [1.82, 2.24) is 14.8 Å². The fourth-order valence-electron chi connectivity index (χ4n) is 4.27. The maximum absolute atomic E-state index is 13.5. The van der Waals surface area contributed by atoms with Crippen molar-refractivity contribution in [2.75, 3.05) is 33.4 Å². The van der Waals surface area contributed by atoms with Crippen LogP contribution in [0.25, 0.3) is 5.57 Å². The molecule has 0 radical (unpaired) electrons. The van der Waals surface area contributed by atoms with Crippen molar-refractivity contribution < 1.29 is 19.1 Å². The number of methoxy groups -OCH3 is 1. The van der Waals surface area contributed by atoms with E-state index in [2.05, 4.69) is 4.98 Å². The number of hydrogen-bond acceptors (Lipinski definition) is 6. The van der Waals surface area contributed by atoms with Gasteiger partial charge in [0.1, 0.15) is 11.4 Å². The lowest BCUT2D eigenvalue weighted by atomic mass is 10.0. The Hall–Kier alpha value is -3.19. The van der Waals surface area contributed by atoms with E-state index < -0.39 is 0 Å². The molecule has 1 saturated heterocycles. The molecule has 1 aromatic heterocycles. The Morgan fingerprint density at radius 1 is 1.12 bits per heavy atom. The van der Waals surface area contributed by atoms with Crippen LogP contribution in [0.4, 0.5) is 0 Å². The van der Waals surface area contributed by atoms with Crippen molar-refractivity contribution in [1.29, 1.82) is 0 Å². The standard InChI is InChI=1S/C25H29N3O4/c1-3-27(15-12-18-10-13-26-14-11-18)23-22(19-6-8-20(31-2)9-7-19)24(29)28(25(23)30)17-21-5-4-16-32-21/h6-11,13-14,21H,3-5,12,15-17H2,1-2H3. The molecule has 1 unspecified atom stereocenters. The van der Waals surface area contributed by atoms with Gasteiger partial charge in [0.2, 0.25) is 0 Å². The summed E-state index contributed by atoms with van der Waals surface area (Å²) >= 11 is 0. The summed E-state index contributed by atoms with van der Waals surface area (Å²) in [4.78, 5) is 34.5. The van der Waals surface area contributed by atoms with E-state index in [-0.39, 0.29) is 17.9 Å². The third-order valence-electron chi connectivity index (χ3n) is 6.05. The summed E-state index contributed by atoms with van der Waals surface area (Å²) in [5.41, 5.74) is 2.77. The minimum Gasteiger partial charge on any atom is -0.497 e. The van der Waals surface area contributed by atoms with Gasteiger partial charge in [-0.25, -0.2) is 0 Å². The molecule has 1 fully saturated rings. The van der Waals surface area contributed by atoms with E-state index in [1.807, 2.05) is 48.2 Å². The van der Waals surface area contributed by atoms with Crippen molar-refractivity contribution in [2.24, 2.45) is 0 Å². The molecule has 1 aromatic carbocycles. The molecule has 1 atom stereocenters. The lowest BCUT2D eigenvalue weighted by Gasteiger charge is -2.25. The first-order chi connectivity index (χ1) is 15.6. The van der Waals surface area contributed by atoms with Crippen molar-refractivity contribution in [3.63, 3.8) is 0 Å². The fourth-order valence-corrected chi connectivity index (χ4v) is 4.27. The summed E-state index contributed by atoms with van der Waals surface area (Å²) in [6.07, 6.45) is 6.01. The molecule has 0 saturated carbocycles. The molecule has 168 valence electrons. The first kappa shape index (κ1) is 22.0. The average molecular weight is 436 g/mol. The number of ether oxygens (including phenoxy) is 2. The molecule has 0 spiro atoms. The minimum absolute atomic E-state index is 0.0914. The number of benzene rings is 1. The number of amides is 2. The molecule has 7 nitrogen and oxygen atoms in total. The number of likely N-dealkylation sites (N-methyl/N-ethyl adjacent to an activating group) is 1. The Morgan fingerprint density at radius 2 is 1.88 bits per heavy atom. The summed E-state index contributed by atoms with van der Waals surface area (Å²) in [6, 6.07) is 11.2. The van der Waals surface area contributed by atoms with Crippen LogP contribution in [0, 0.1) is 0 Å². The molecule has 2 amide bonds. The van der Waals surface area contributed by atoms with Gasteiger partial charge in [-0.2, -0.15) is 0 Å². The average Bonchev–Trinajstić information content (AvgIpc) is 3.43. The smallest absolute Gasteiger partial charge is 0.277 e. The van der Waals surface area contributed by atoms with Gasteiger partial charge in [-0.3, -0.25) is 19.5 Å². The van der Waals surface area contributed by atoms with Gasteiger partial charge in [0, 0.05) is 32.1 Å². The predicted octanol–water partition coefficient (Wildman–Crippen LogP) is 2.91. The number of rotatable bonds is 9. The molecule has 0 bridgehead atoms. The molecule has 3 heterocycles. The SMILES string of the molecule is CCN(CCc1ccncc1)C1=C(c2ccc(OC)cc2)C(=O)N(CC2CCCO2)C1=O. The first-order valence-electron chi connectivity index (χ1n) is 11.1. The van der Waals surface area contributed by atoms with Crippen LogP contribution in [-0.2, 0) is 20.7 Å². The van der Waals surface area contributed by atoms with E-state index in [1.165, 1.54) is 4.90 Å². The molecular formula is C25H29N3O4. The van der Waals surface area contributed by atoms with Gasteiger partial charge < -0.3 is 14.4 Å². The number of carbonyl (C=O) groups excluding carboxylic acids is 2. The van der Waals surface area contributed by atoms with Gasteiger partial charge >= 0.3 is 0 Å². The minimum atomic E-state index is -0.256. The van der Waals surface area contributed by atoms with Crippen LogP contribution in [0.15, 0.2) is 54.5 Å². The quantitative estimate of drug-likeness (QED) is 0.564. The first-order valence-corrected chi connectivity index (χ1v) is 11.1. The van der Waals surface area contributed by atoms with Gasteiger partial charge in [0.05, 0.1) is 25.3 Å². The monoisotopic (exact) mass is 435 g/mol. The zero-order valence-corrected chi connectivity index (χ0v) is 18.6. The zero-order valence-electron chi connectivity index (χ0n) is 18.6. The van der Waals surface area contributed by atoms with E-state index in [1.54, 1.807) is 19.5 Å². The number of imide groups is 1. The summed E-state index contributed by atoms with van der Waals surface area (Å²) in [7, 11) is 1.60. The molecule has 2 aromatic rings. The Labute approximate surface area is 188 Å². The molecule has 7 heteroatoms. The lowest BCUT2D eigenvalue weighted by molar-refractivity contribution is -0.139. The number of aromatic nitrogens is 1. The maximum atomic E-state index is 13.5. The van der Waals surface area contributed by atoms with Crippen molar-refractivity contribution in [3.05, 3.63) is 65.6 Å². The predicted molar refractivity (Wildman–Crippen MR) is 121 cm³/mol. The van der Waals surface area contributed by atoms with Crippen molar-refractivity contribution in [3.8, 4) is 5.75 Å². The molecule has 0 N–H and O–H groups in total. The van der Waals surface area contributed by atoms with Crippen LogP contribution >= 0.6 is 0 Å². The highest BCUT2D eigenvalue weighted by Gasteiger charge is 2.42. The van der Waals surface area contributed by atoms with Crippen LogP contribution in [-0.4, -0.2) is 66.1 Å². The Bertz CT molecular complexity index is 982. The molecule has 2 aliphatic heterocycles. The topological polar surface area (TPSA) is 72.0 Å². The van der Waals surface area contributed by atoms with E-state index in [0.717, 1.165) is 30.4 Å². The van der Waals surface area contributed by atoms with Gasteiger partial charge in [0.15, 0.2) is 0 Å². The molecular weight excluding hydrogens is 406 g/mol. The highest BCUT2D eigenvalue weighted by Crippen LogP contribution is 2.33. The third kappa shape index (κ3) is 4.53. The van der Waals surface area contributed by atoms with Crippen molar-refractivity contribution in [2.45, 2.75) is 32.3 Å². The summed E-state index contributed by atoms with van der Waals surface area (Å²) in [5, 5.41) is 0. The molecule has 0 aliphatic carbocycles. The van der Waals surface area contributed by atoms with Gasteiger partial charge in [-0.05, 0) is 61.6 Å². The third-order valence-corrected chi connectivity index (χ3v) is 6.05. The van der Waals surface area contributed by atoms with Crippen molar-refractivity contribution >= 4 is 17.4 Å². The van der Waals surface area contributed by atoms with E-state index in [9.17, 15) is 9.59 Å². The number of hydrogen-bond donors (Lipinski definition) is 0. The Kier molecular flexibility index (Phi) is 6.85. The van der Waals surface area contributed by atoms with Crippen LogP contribution in [0.3, 0.4) is 0 Å². The van der Waals surface area contributed by atoms with E-state index in [0.29, 0.717) is 43.3 Å². The second kappa shape index (κ2) is 9.96. The fraction of sp³-hybridized carbons (Fsp3) is 0.400. The zero-order chi connectivity index (χ0) is 22.5. The maximum Gasteiger partial charge on any atom is 0.277 e. The lowest BCUT2D eigenvalue weighted by Crippen LogP contribution is -2.40. The summed E-state index contributed by atoms with van der Waals surface area (Å²) in [6.45, 7) is 4.23. The molecule has 4 rings (SSSR count). The second-order valence-electron chi connectivity index (χ2n) is 7.99. The van der Waals surface area contributed by atoms with Gasteiger partial charge in [-0.15, -0.1) is 0 Å². The second-order valence-corrected chi connectivity index (χ2v) is 7.99. The highest BCUT2D eigenvalue weighted by molar-refractivity contribution is 6.35. The number of nitrogens with zero attached hydrogens (tertiary/aromatic N) is 3. The van der Waals surface area contributed by atoms with Gasteiger partial charge in [0.25, 0.3) is 11.8 Å². The Morgan fingerprint density at radius 3 is 2.50 bits per heavy atom. The number of pyridine rings is 1. The summed E-state index contributed by atoms with van der Waals surface area (Å²) < 4.78 is 11.0. The van der Waals surface area contributed by atoms with Crippen LogP contribution < -0.4 is 4.74 Å². The van der Waals surface area contributed by atoms with E-state index >= 15 is 0 Å². The van der Waals surface area contributed by atoms with E-state index in [4.69, 9.17) is 9.47 Å². The van der Waals surface area contributed by atoms with Crippen LogP contribution in [0.1, 0.15) is 30.9 Å². The van der Waals surface area contributed by atoms with Gasteiger partial charge in [-0.1, -0.05) is 12.1 Å². The van der Waals surface area contributed by atoms with Crippen LogP contribution in [0.2, 0.25) is 0 Å². The number of carbonyl (C=O) groups is 2. The normalized spacial score (nSPS) is 18.6. The largest absolute Gasteiger partial charge is 0.497 e. The Balaban J connectivity index is 1.66. The molecule has 2 aliphatic rings. The summed E-state index contributed by atoms with van der Waals surface area (Å²) in [5.74, 6) is 0.204. The van der Waals surface area contributed by atoms with Crippen LogP contribution in [0.5, 0.6) is 5.75 Å². The molecule has 32 heavy (non-hydrogen) atoms.